The molecule has 4 aliphatic rings. The van der Waals surface area contributed by atoms with E-state index >= 15 is 0 Å². The minimum Gasteiger partial charge on any atom is -0.347 e. The van der Waals surface area contributed by atoms with Crippen LogP contribution < -0.4 is 5.32 Å². The van der Waals surface area contributed by atoms with Crippen LogP contribution in [0.5, 0.6) is 0 Å². The Morgan fingerprint density at radius 2 is 1.67 bits per heavy atom. The average molecular weight is 354 g/mol. The molecule has 5 rings (SSSR count). The fourth-order valence-corrected chi connectivity index (χ4v) is 6.83. The molecule has 1 aromatic rings. The van der Waals surface area contributed by atoms with Gasteiger partial charge in [-0.15, -0.1) is 0 Å². The summed E-state index contributed by atoms with van der Waals surface area (Å²) in [5.74, 6) is -1.84. The molecule has 2 unspecified atom stereocenters. The maximum Gasteiger partial charge on any atom is 0.253 e. The van der Waals surface area contributed by atoms with Crippen molar-refractivity contribution in [3.63, 3.8) is 0 Å². The first-order valence-corrected chi connectivity index (χ1v) is 8.96. The molecule has 0 aromatic heterocycles. The van der Waals surface area contributed by atoms with Gasteiger partial charge in [-0.25, -0.2) is 8.78 Å². The van der Waals surface area contributed by atoms with Crippen molar-refractivity contribution >= 4 is 17.5 Å². The zero-order valence-electron chi connectivity index (χ0n) is 14.0. The Bertz CT molecular complexity index is 716. The number of rotatable bonds is 2. The van der Waals surface area contributed by atoms with Gasteiger partial charge >= 0.3 is 0 Å². The fourth-order valence-electron chi connectivity index (χ4n) is 6.59. The van der Waals surface area contributed by atoms with Crippen molar-refractivity contribution in [1.29, 1.82) is 0 Å². The lowest BCUT2D eigenvalue weighted by Gasteiger charge is -2.65. The summed E-state index contributed by atoms with van der Waals surface area (Å²) in [6.45, 7) is 4.64. The fraction of sp³-hybridized carbons (Fsp3) is 0.632. The van der Waals surface area contributed by atoms with E-state index < -0.39 is 17.5 Å². The highest BCUT2D eigenvalue weighted by atomic mass is 35.5. The first-order chi connectivity index (χ1) is 11.1. The van der Waals surface area contributed by atoms with E-state index in [0.717, 1.165) is 31.4 Å². The van der Waals surface area contributed by atoms with Crippen LogP contribution in [0, 0.1) is 28.4 Å². The molecule has 1 N–H and O–H groups in total. The van der Waals surface area contributed by atoms with E-state index in [1.807, 2.05) is 0 Å². The molecule has 4 bridgehead atoms. The average Bonchev–Trinajstić information content (AvgIpc) is 2.37. The van der Waals surface area contributed by atoms with Crippen LogP contribution in [-0.4, -0.2) is 11.4 Å². The second-order valence-corrected chi connectivity index (χ2v) is 9.52. The van der Waals surface area contributed by atoms with E-state index in [0.29, 0.717) is 5.92 Å². The molecule has 0 saturated heterocycles. The molecule has 0 heterocycles. The van der Waals surface area contributed by atoms with Crippen molar-refractivity contribution in [2.75, 3.05) is 0 Å². The molecular weight excluding hydrogens is 332 g/mol. The van der Waals surface area contributed by atoms with Gasteiger partial charge in [0.15, 0.2) is 11.6 Å². The maximum atomic E-state index is 13.5. The Balaban J connectivity index is 1.64. The summed E-state index contributed by atoms with van der Waals surface area (Å²) >= 11 is 5.97. The first kappa shape index (κ1) is 16.3. The smallest absolute Gasteiger partial charge is 0.253 e. The topological polar surface area (TPSA) is 29.1 Å². The van der Waals surface area contributed by atoms with Crippen molar-refractivity contribution in [1.82, 2.24) is 5.32 Å². The second kappa shape index (κ2) is 4.94. The first-order valence-electron chi connectivity index (χ1n) is 8.58. The van der Waals surface area contributed by atoms with Crippen molar-refractivity contribution in [2.24, 2.45) is 16.7 Å². The van der Waals surface area contributed by atoms with Gasteiger partial charge in [0.2, 0.25) is 0 Å². The van der Waals surface area contributed by atoms with Gasteiger partial charge in [-0.05, 0) is 67.4 Å². The number of benzene rings is 1. The minimum atomic E-state index is -1.05. The van der Waals surface area contributed by atoms with Crippen LogP contribution in [0.3, 0.4) is 0 Å². The van der Waals surface area contributed by atoms with Crippen LogP contribution in [0.4, 0.5) is 8.78 Å². The quantitative estimate of drug-likeness (QED) is 0.736. The zero-order chi connectivity index (χ0) is 17.3. The Morgan fingerprint density at radius 3 is 2.25 bits per heavy atom. The molecule has 0 aliphatic heterocycles. The third kappa shape index (κ3) is 2.54. The lowest BCUT2D eigenvalue weighted by molar-refractivity contribution is -0.114. The summed E-state index contributed by atoms with van der Waals surface area (Å²) in [5.41, 5.74) is 0.300. The number of nitrogens with one attached hydrogen (secondary N) is 1. The molecule has 4 aliphatic carbocycles. The number of hydrogen-bond donors (Lipinski definition) is 1. The SMILES string of the molecule is C[C@]12CC3CC(NC(=O)c4cc(F)c(F)cc4Cl)(C1)C[C@@](C)(C3)C2. The summed E-state index contributed by atoms with van der Waals surface area (Å²) in [4.78, 5) is 12.7. The summed E-state index contributed by atoms with van der Waals surface area (Å²) in [7, 11) is 0. The highest BCUT2D eigenvalue weighted by Gasteiger charge is 2.60. The Morgan fingerprint density at radius 1 is 1.08 bits per heavy atom. The summed E-state index contributed by atoms with van der Waals surface area (Å²) in [6, 6.07) is 1.77. The van der Waals surface area contributed by atoms with Crippen LogP contribution in [0.1, 0.15) is 62.7 Å². The molecule has 4 fully saturated rings. The van der Waals surface area contributed by atoms with E-state index in [1.54, 1.807) is 0 Å². The van der Waals surface area contributed by atoms with E-state index in [-0.39, 0.29) is 27.0 Å². The lowest BCUT2D eigenvalue weighted by Crippen LogP contribution is -2.65. The van der Waals surface area contributed by atoms with Crippen molar-refractivity contribution in [2.45, 2.75) is 57.9 Å². The molecule has 0 spiro atoms. The highest BCUT2D eigenvalue weighted by molar-refractivity contribution is 6.33. The monoisotopic (exact) mass is 353 g/mol. The third-order valence-corrected chi connectivity index (χ3v) is 6.57. The molecule has 24 heavy (non-hydrogen) atoms. The van der Waals surface area contributed by atoms with Gasteiger partial charge in [0.1, 0.15) is 0 Å². The normalized spacial score (nSPS) is 40.0. The van der Waals surface area contributed by atoms with Crippen LogP contribution in [0.2, 0.25) is 5.02 Å². The standard InChI is InChI=1S/C19H22ClF2NO/c1-17-5-11-6-18(2,8-17)10-19(7-11,9-17)23-16(24)12-3-14(21)15(22)4-13(12)20/h3-4,11H,5-10H2,1-2H3,(H,23,24)/t11?,17-,18+,19?. The molecule has 0 radical (unpaired) electrons. The van der Waals surface area contributed by atoms with E-state index in [2.05, 4.69) is 19.2 Å². The van der Waals surface area contributed by atoms with Crippen LogP contribution >= 0.6 is 11.6 Å². The molecule has 4 atom stereocenters. The van der Waals surface area contributed by atoms with Gasteiger partial charge in [0, 0.05) is 5.54 Å². The molecule has 1 amide bonds. The number of hydrogen-bond acceptors (Lipinski definition) is 1. The van der Waals surface area contributed by atoms with Crippen LogP contribution in [0.15, 0.2) is 12.1 Å². The number of amides is 1. The predicted octanol–water partition coefficient (Wildman–Crippen LogP) is 5.10. The molecule has 4 saturated carbocycles. The summed E-state index contributed by atoms with van der Waals surface area (Å²) < 4.78 is 26.8. The third-order valence-electron chi connectivity index (χ3n) is 6.26. The Kier molecular flexibility index (Phi) is 3.36. The second-order valence-electron chi connectivity index (χ2n) is 9.11. The number of halogens is 3. The molecule has 1 aromatic carbocycles. The Labute approximate surface area is 146 Å². The largest absolute Gasteiger partial charge is 0.347 e. The zero-order valence-corrected chi connectivity index (χ0v) is 14.8. The van der Waals surface area contributed by atoms with Crippen LogP contribution in [0.25, 0.3) is 0 Å². The molecular formula is C19H22ClF2NO. The van der Waals surface area contributed by atoms with Gasteiger partial charge in [0.05, 0.1) is 10.6 Å². The van der Waals surface area contributed by atoms with Crippen LogP contribution in [-0.2, 0) is 0 Å². The minimum absolute atomic E-state index is 0.0154. The van der Waals surface area contributed by atoms with Gasteiger partial charge in [-0.3, -0.25) is 4.79 Å². The lowest BCUT2D eigenvalue weighted by atomic mass is 9.43. The summed E-state index contributed by atoms with van der Waals surface area (Å²) in [6.07, 6.45) is 6.56. The van der Waals surface area contributed by atoms with Gasteiger partial charge in [-0.1, -0.05) is 25.4 Å². The Hall–Kier alpha value is -1.16. The molecule has 5 heteroatoms. The summed E-state index contributed by atoms with van der Waals surface area (Å²) in [5, 5.41) is 3.12. The highest BCUT2D eigenvalue weighted by Crippen LogP contribution is 2.66. The van der Waals surface area contributed by atoms with E-state index in [9.17, 15) is 13.6 Å². The van der Waals surface area contributed by atoms with Gasteiger partial charge in [0.25, 0.3) is 5.91 Å². The molecule has 2 nitrogen and oxygen atoms in total. The van der Waals surface area contributed by atoms with Gasteiger partial charge < -0.3 is 5.32 Å². The molecule has 130 valence electrons. The van der Waals surface area contributed by atoms with Crippen molar-refractivity contribution in [3.05, 3.63) is 34.4 Å². The van der Waals surface area contributed by atoms with Gasteiger partial charge in [-0.2, -0.15) is 0 Å². The number of carbonyl (C=O) groups is 1. The van der Waals surface area contributed by atoms with E-state index in [4.69, 9.17) is 11.6 Å². The maximum absolute atomic E-state index is 13.5. The predicted molar refractivity (Wildman–Crippen MR) is 89.0 cm³/mol. The van der Waals surface area contributed by atoms with Crippen molar-refractivity contribution in [3.8, 4) is 0 Å². The number of carbonyl (C=O) groups excluding carboxylic acids is 1. The van der Waals surface area contributed by atoms with E-state index in [1.165, 1.54) is 19.3 Å². The van der Waals surface area contributed by atoms with Crippen molar-refractivity contribution < 1.29 is 13.6 Å².